The molecular formula is C11H12N. The van der Waals surface area contributed by atoms with E-state index in [1.807, 2.05) is 6.07 Å². The van der Waals surface area contributed by atoms with Crippen LogP contribution < -0.4 is 5.32 Å². The van der Waals surface area contributed by atoms with Crippen molar-refractivity contribution in [3.8, 4) is 0 Å². The van der Waals surface area contributed by atoms with Gasteiger partial charge in [0.1, 0.15) is 0 Å². The normalized spacial score (nSPS) is 19.9. The van der Waals surface area contributed by atoms with Crippen molar-refractivity contribution >= 4 is 11.8 Å². The first-order valence-electron chi connectivity index (χ1n) is 4.23. The number of anilines is 1. The van der Waals surface area contributed by atoms with E-state index in [0.717, 1.165) is 6.42 Å². The molecule has 1 aromatic rings. The summed E-state index contributed by atoms with van der Waals surface area (Å²) in [7, 11) is 0. The van der Waals surface area contributed by atoms with Gasteiger partial charge in [-0.05, 0) is 18.1 Å². The highest BCUT2D eigenvalue weighted by Crippen LogP contribution is 2.22. The lowest BCUT2D eigenvalue weighted by Gasteiger charge is -2.20. The molecule has 12 heavy (non-hydrogen) atoms. The molecule has 0 saturated carbocycles. The second kappa shape index (κ2) is 3.02. The summed E-state index contributed by atoms with van der Waals surface area (Å²) in [6.07, 6.45) is 5.21. The largest absolute Gasteiger partial charge is 0.378 e. The van der Waals surface area contributed by atoms with Crippen LogP contribution in [0.4, 0.5) is 5.69 Å². The molecule has 1 unspecified atom stereocenters. The molecule has 1 radical (unpaired) electrons. The van der Waals surface area contributed by atoms with E-state index in [4.69, 9.17) is 0 Å². The fourth-order valence-corrected chi connectivity index (χ4v) is 1.41. The predicted molar refractivity (Wildman–Crippen MR) is 52.9 cm³/mol. The molecule has 1 aliphatic heterocycles. The average molecular weight is 158 g/mol. The summed E-state index contributed by atoms with van der Waals surface area (Å²) in [5, 5.41) is 3.40. The molecule has 1 heterocycles. The van der Waals surface area contributed by atoms with Crippen molar-refractivity contribution in [3.05, 3.63) is 42.8 Å². The molecule has 1 atom stereocenters. The van der Waals surface area contributed by atoms with Gasteiger partial charge >= 0.3 is 0 Å². The van der Waals surface area contributed by atoms with Crippen LogP contribution in [-0.2, 0) is 0 Å². The van der Waals surface area contributed by atoms with Crippen LogP contribution >= 0.6 is 0 Å². The Hall–Kier alpha value is -1.24. The van der Waals surface area contributed by atoms with E-state index in [1.165, 1.54) is 11.3 Å². The number of nitrogens with one attached hydrogen (secondary N) is 1. The van der Waals surface area contributed by atoms with E-state index in [0.29, 0.717) is 6.04 Å². The Morgan fingerprint density at radius 1 is 1.33 bits per heavy atom. The van der Waals surface area contributed by atoms with Gasteiger partial charge in [-0.3, -0.25) is 0 Å². The van der Waals surface area contributed by atoms with Gasteiger partial charge in [0.25, 0.3) is 0 Å². The summed E-state index contributed by atoms with van der Waals surface area (Å²) in [5.74, 6) is 0. The highest BCUT2D eigenvalue weighted by molar-refractivity contribution is 5.70. The Morgan fingerprint density at radius 2 is 2.17 bits per heavy atom. The summed E-state index contributed by atoms with van der Waals surface area (Å²) >= 11 is 0. The number of benzene rings is 1. The maximum absolute atomic E-state index is 3.87. The van der Waals surface area contributed by atoms with Crippen molar-refractivity contribution in [2.24, 2.45) is 0 Å². The first-order valence-corrected chi connectivity index (χ1v) is 4.23. The third kappa shape index (κ3) is 1.22. The van der Waals surface area contributed by atoms with Gasteiger partial charge in [-0.2, -0.15) is 0 Å². The molecule has 0 fully saturated rings. The molecular weight excluding hydrogens is 146 g/mol. The Labute approximate surface area is 73.1 Å². The summed E-state index contributed by atoms with van der Waals surface area (Å²) in [5.41, 5.74) is 2.48. The van der Waals surface area contributed by atoms with Crippen LogP contribution in [0, 0.1) is 6.92 Å². The Balaban J connectivity index is 2.33. The number of para-hydroxylation sites is 1. The summed E-state index contributed by atoms with van der Waals surface area (Å²) in [6, 6.07) is 8.71. The predicted octanol–water partition coefficient (Wildman–Crippen LogP) is 2.72. The molecule has 0 bridgehead atoms. The summed E-state index contributed by atoms with van der Waals surface area (Å²) in [4.78, 5) is 0. The fourth-order valence-electron chi connectivity index (χ4n) is 1.41. The Bertz CT molecular complexity index is 302. The zero-order chi connectivity index (χ0) is 8.39. The monoisotopic (exact) mass is 158 g/mol. The van der Waals surface area contributed by atoms with Crippen molar-refractivity contribution in [1.29, 1.82) is 0 Å². The van der Waals surface area contributed by atoms with Gasteiger partial charge in [0, 0.05) is 11.7 Å². The highest BCUT2D eigenvalue weighted by atomic mass is 14.9. The summed E-state index contributed by atoms with van der Waals surface area (Å²) in [6.45, 7) is 3.87. The molecule has 1 aliphatic rings. The van der Waals surface area contributed by atoms with Crippen LogP contribution in [0.3, 0.4) is 0 Å². The zero-order valence-electron chi connectivity index (χ0n) is 6.96. The van der Waals surface area contributed by atoms with E-state index in [1.54, 1.807) is 0 Å². The minimum Gasteiger partial charge on any atom is -0.378 e. The molecule has 61 valence electrons. The van der Waals surface area contributed by atoms with E-state index in [-0.39, 0.29) is 0 Å². The molecule has 0 saturated heterocycles. The van der Waals surface area contributed by atoms with E-state index in [2.05, 4.69) is 42.6 Å². The Morgan fingerprint density at radius 3 is 3.00 bits per heavy atom. The van der Waals surface area contributed by atoms with Gasteiger partial charge in [0.2, 0.25) is 0 Å². The maximum Gasteiger partial charge on any atom is 0.0447 e. The lowest BCUT2D eigenvalue weighted by Crippen LogP contribution is -2.18. The van der Waals surface area contributed by atoms with E-state index < -0.39 is 0 Å². The van der Waals surface area contributed by atoms with E-state index in [9.17, 15) is 0 Å². The van der Waals surface area contributed by atoms with Crippen LogP contribution in [0.1, 0.15) is 12.0 Å². The van der Waals surface area contributed by atoms with Gasteiger partial charge in [-0.1, -0.05) is 37.3 Å². The minimum absolute atomic E-state index is 0.403. The van der Waals surface area contributed by atoms with Gasteiger partial charge in [-0.25, -0.2) is 0 Å². The highest BCUT2D eigenvalue weighted by Gasteiger charge is 2.08. The molecule has 1 N–H and O–H groups in total. The lowest BCUT2D eigenvalue weighted by molar-refractivity contribution is 0.888. The van der Waals surface area contributed by atoms with Gasteiger partial charge in [0.05, 0.1) is 0 Å². The van der Waals surface area contributed by atoms with Crippen molar-refractivity contribution < 1.29 is 0 Å². The SMILES string of the molecule is [CH2]CC1C=Cc2ccccc2N1. The molecule has 2 rings (SSSR count). The summed E-state index contributed by atoms with van der Waals surface area (Å²) < 4.78 is 0. The van der Waals surface area contributed by atoms with Crippen LogP contribution in [0.5, 0.6) is 0 Å². The molecule has 0 amide bonds. The second-order valence-corrected chi connectivity index (χ2v) is 2.99. The van der Waals surface area contributed by atoms with Crippen LogP contribution in [0.15, 0.2) is 30.3 Å². The molecule has 0 spiro atoms. The molecule has 0 aliphatic carbocycles. The van der Waals surface area contributed by atoms with Crippen molar-refractivity contribution in [2.75, 3.05) is 5.32 Å². The number of fused-ring (bicyclic) bond motifs is 1. The second-order valence-electron chi connectivity index (χ2n) is 2.99. The van der Waals surface area contributed by atoms with Crippen molar-refractivity contribution in [1.82, 2.24) is 0 Å². The van der Waals surface area contributed by atoms with Crippen LogP contribution in [0.2, 0.25) is 0 Å². The standard InChI is InChI=1S/C11H12N/c1-2-10-8-7-9-5-3-4-6-11(9)12-10/h3-8,10,12H,1-2H2. The molecule has 1 nitrogen and oxygen atoms in total. The zero-order valence-corrected chi connectivity index (χ0v) is 6.96. The number of hydrogen-bond acceptors (Lipinski definition) is 1. The van der Waals surface area contributed by atoms with Gasteiger partial charge in [-0.15, -0.1) is 0 Å². The van der Waals surface area contributed by atoms with E-state index >= 15 is 0 Å². The smallest absolute Gasteiger partial charge is 0.0447 e. The van der Waals surface area contributed by atoms with Crippen LogP contribution in [0.25, 0.3) is 6.08 Å². The van der Waals surface area contributed by atoms with Gasteiger partial charge in [0.15, 0.2) is 0 Å². The minimum atomic E-state index is 0.403. The number of hydrogen-bond donors (Lipinski definition) is 1. The third-order valence-electron chi connectivity index (χ3n) is 2.12. The first kappa shape index (κ1) is 7.41. The third-order valence-corrected chi connectivity index (χ3v) is 2.12. The Kier molecular flexibility index (Phi) is 1.86. The quantitative estimate of drug-likeness (QED) is 0.662. The molecule has 1 heteroatoms. The topological polar surface area (TPSA) is 12.0 Å². The fraction of sp³-hybridized carbons (Fsp3) is 0.182. The number of rotatable bonds is 1. The first-order chi connectivity index (χ1) is 5.90. The van der Waals surface area contributed by atoms with Crippen molar-refractivity contribution in [3.63, 3.8) is 0 Å². The lowest BCUT2D eigenvalue weighted by atomic mass is 10.0. The van der Waals surface area contributed by atoms with Crippen LogP contribution in [-0.4, -0.2) is 6.04 Å². The molecule has 0 aromatic heterocycles. The van der Waals surface area contributed by atoms with Crippen molar-refractivity contribution in [2.45, 2.75) is 12.5 Å². The average Bonchev–Trinajstić information content (AvgIpc) is 2.17. The maximum atomic E-state index is 3.87. The van der Waals surface area contributed by atoms with Gasteiger partial charge < -0.3 is 5.32 Å². The molecule has 1 aromatic carbocycles.